The van der Waals surface area contributed by atoms with Crippen molar-refractivity contribution in [2.24, 2.45) is 7.05 Å². The van der Waals surface area contributed by atoms with E-state index in [0.717, 1.165) is 18.8 Å². The molecule has 1 rings (SSSR count). The quantitative estimate of drug-likeness (QED) is 0.826. The van der Waals surface area contributed by atoms with Gasteiger partial charge in [0.15, 0.2) is 0 Å². The zero-order chi connectivity index (χ0) is 13.0. The molecule has 4 heteroatoms. The summed E-state index contributed by atoms with van der Waals surface area (Å²) in [7, 11) is 1.99. The van der Waals surface area contributed by atoms with Gasteiger partial charge in [0.05, 0.1) is 11.8 Å². The molecule has 0 aromatic carbocycles. The summed E-state index contributed by atoms with van der Waals surface area (Å²) in [5.41, 5.74) is 3.64. The van der Waals surface area contributed by atoms with Crippen LogP contribution < -0.4 is 5.32 Å². The van der Waals surface area contributed by atoms with Crippen molar-refractivity contribution in [1.29, 1.82) is 0 Å². The second kappa shape index (κ2) is 6.17. The molecule has 0 aliphatic heterocycles. The first-order valence-electron chi connectivity index (χ1n) is 6.32. The van der Waals surface area contributed by atoms with E-state index in [-0.39, 0.29) is 6.10 Å². The van der Waals surface area contributed by atoms with Crippen molar-refractivity contribution in [3.05, 3.63) is 17.0 Å². The number of hydrogen-bond acceptors (Lipinski definition) is 3. The number of nitrogens with one attached hydrogen (secondary N) is 1. The summed E-state index contributed by atoms with van der Waals surface area (Å²) in [6, 6.07) is 0.312. The standard InChI is InChI=1S/C13H25N3O/c1-7-17-9(2)8-14-10(3)13-11(4)15-16(6)12(13)5/h9-10,14H,7-8H2,1-6H3. The van der Waals surface area contributed by atoms with E-state index in [1.165, 1.54) is 11.3 Å². The van der Waals surface area contributed by atoms with Crippen LogP contribution in [-0.2, 0) is 11.8 Å². The van der Waals surface area contributed by atoms with Crippen LogP contribution in [0, 0.1) is 13.8 Å². The molecule has 1 aromatic rings. The lowest BCUT2D eigenvalue weighted by molar-refractivity contribution is 0.0743. The van der Waals surface area contributed by atoms with E-state index in [4.69, 9.17) is 4.74 Å². The lowest BCUT2D eigenvalue weighted by Gasteiger charge is -2.18. The van der Waals surface area contributed by atoms with E-state index >= 15 is 0 Å². The molecule has 0 saturated heterocycles. The minimum absolute atomic E-state index is 0.250. The van der Waals surface area contributed by atoms with Gasteiger partial charge in [-0.15, -0.1) is 0 Å². The molecule has 0 bridgehead atoms. The maximum atomic E-state index is 5.51. The van der Waals surface area contributed by atoms with Gasteiger partial charge in [-0.05, 0) is 34.6 Å². The largest absolute Gasteiger partial charge is 0.377 e. The van der Waals surface area contributed by atoms with Gasteiger partial charge >= 0.3 is 0 Å². The molecule has 1 heterocycles. The fraction of sp³-hybridized carbons (Fsp3) is 0.769. The van der Waals surface area contributed by atoms with Gasteiger partial charge < -0.3 is 10.1 Å². The van der Waals surface area contributed by atoms with Crippen LogP contribution in [0.25, 0.3) is 0 Å². The summed E-state index contributed by atoms with van der Waals surface area (Å²) < 4.78 is 7.45. The predicted molar refractivity (Wildman–Crippen MR) is 70.2 cm³/mol. The lowest BCUT2D eigenvalue weighted by atomic mass is 10.1. The molecule has 0 radical (unpaired) electrons. The first kappa shape index (κ1) is 14.2. The average Bonchev–Trinajstić information content (AvgIpc) is 2.50. The third-order valence-electron chi connectivity index (χ3n) is 3.16. The van der Waals surface area contributed by atoms with E-state index in [0.29, 0.717) is 6.04 Å². The molecule has 1 aromatic heterocycles. The van der Waals surface area contributed by atoms with Crippen molar-refractivity contribution in [3.63, 3.8) is 0 Å². The summed E-state index contributed by atoms with van der Waals surface area (Å²) in [6.07, 6.45) is 0.250. The normalized spacial score (nSPS) is 14.9. The third kappa shape index (κ3) is 3.54. The molecule has 98 valence electrons. The van der Waals surface area contributed by atoms with Crippen LogP contribution >= 0.6 is 0 Å². The Hall–Kier alpha value is -0.870. The molecule has 0 saturated carbocycles. The van der Waals surface area contributed by atoms with Crippen molar-refractivity contribution in [3.8, 4) is 0 Å². The molecule has 4 nitrogen and oxygen atoms in total. The number of ether oxygens (including phenoxy) is 1. The molecule has 0 aliphatic rings. The fourth-order valence-electron chi connectivity index (χ4n) is 2.20. The van der Waals surface area contributed by atoms with Crippen LogP contribution in [0.5, 0.6) is 0 Å². The molecule has 2 unspecified atom stereocenters. The van der Waals surface area contributed by atoms with Crippen LogP contribution in [0.1, 0.15) is 43.8 Å². The van der Waals surface area contributed by atoms with Gasteiger partial charge in [0.2, 0.25) is 0 Å². The highest BCUT2D eigenvalue weighted by Crippen LogP contribution is 2.20. The Labute approximate surface area is 104 Å². The topological polar surface area (TPSA) is 39.1 Å². The Bertz CT molecular complexity index is 360. The van der Waals surface area contributed by atoms with Crippen LogP contribution in [0.4, 0.5) is 0 Å². The maximum Gasteiger partial charge on any atom is 0.0671 e. The second-order valence-electron chi connectivity index (χ2n) is 4.60. The Morgan fingerprint density at radius 2 is 2.00 bits per heavy atom. The number of aryl methyl sites for hydroxylation is 2. The number of rotatable bonds is 6. The minimum atomic E-state index is 0.250. The Morgan fingerprint density at radius 3 is 2.47 bits per heavy atom. The van der Waals surface area contributed by atoms with Gasteiger partial charge in [-0.2, -0.15) is 5.10 Å². The van der Waals surface area contributed by atoms with Crippen molar-refractivity contribution >= 4 is 0 Å². The molecule has 2 atom stereocenters. The highest BCUT2D eigenvalue weighted by Gasteiger charge is 2.16. The molecule has 0 spiro atoms. The molecule has 0 aliphatic carbocycles. The number of aromatic nitrogens is 2. The second-order valence-corrected chi connectivity index (χ2v) is 4.60. The smallest absolute Gasteiger partial charge is 0.0671 e. The molecule has 17 heavy (non-hydrogen) atoms. The van der Waals surface area contributed by atoms with Crippen LogP contribution in [0.3, 0.4) is 0 Å². The summed E-state index contributed by atoms with van der Waals surface area (Å²) in [5.74, 6) is 0. The summed E-state index contributed by atoms with van der Waals surface area (Å²) in [5, 5.41) is 7.94. The zero-order valence-corrected chi connectivity index (χ0v) is 11.9. The van der Waals surface area contributed by atoms with Gasteiger partial charge in [0, 0.05) is 37.5 Å². The lowest BCUT2D eigenvalue weighted by Crippen LogP contribution is -2.29. The monoisotopic (exact) mass is 239 g/mol. The molecular formula is C13H25N3O. The van der Waals surface area contributed by atoms with Crippen molar-refractivity contribution < 1.29 is 4.74 Å². The van der Waals surface area contributed by atoms with Gasteiger partial charge in [-0.1, -0.05) is 0 Å². The number of nitrogens with zero attached hydrogens (tertiary/aromatic N) is 2. The van der Waals surface area contributed by atoms with E-state index < -0.39 is 0 Å². The predicted octanol–water partition coefficient (Wildman–Crippen LogP) is 2.11. The first-order valence-corrected chi connectivity index (χ1v) is 6.32. The number of hydrogen-bond donors (Lipinski definition) is 1. The van der Waals surface area contributed by atoms with E-state index in [9.17, 15) is 0 Å². The Morgan fingerprint density at radius 1 is 1.35 bits per heavy atom. The molecular weight excluding hydrogens is 214 g/mol. The van der Waals surface area contributed by atoms with E-state index in [2.05, 4.69) is 38.1 Å². The zero-order valence-electron chi connectivity index (χ0n) is 11.9. The Balaban J connectivity index is 2.61. The summed E-state index contributed by atoms with van der Waals surface area (Å²) in [6.45, 7) is 12.1. The summed E-state index contributed by atoms with van der Waals surface area (Å²) in [4.78, 5) is 0. The van der Waals surface area contributed by atoms with E-state index in [1.807, 2.05) is 18.7 Å². The van der Waals surface area contributed by atoms with Crippen molar-refractivity contribution in [1.82, 2.24) is 15.1 Å². The fourth-order valence-corrected chi connectivity index (χ4v) is 2.20. The van der Waals surface area contributed by atoms with Crippen molar-refractivity contribution in [2.45, 2.75) is 46.8 Å². The van der Waals surface area contributed by atoms with Gasteiger partial charge in [-0.25, -0.2) is 0 Å². The SMILES string of the molecule is CCOC(C)CNC(C)c1c(C)nn(C)c1C. The Kier molecular flexibility index (Phi) is 5.15. The van der Waals surface area contributed by atoms with Gasteiger partial charge in [0.25, 0.3) is 0 Å². The highest BCUT2D eigenvalue weighted by atomic mass is 16.5. The minimum Gasteiger partial charge on any atom is -0.377 e. The third-order valence-corrected chi connectivity index (χ3v) is 3.16. The van der Waals surface area contributed by atoms with Gasteiger partial charge in [0.1, 0.15) is 0 Å². The molecule has 0 amide bonds. The van der Waals surface area contributed by atoms with Gasteiger partial charge in [-0.3, -0.25) is 4.68 Å². The summed E-state index contributed by atoms with van der Waals surface area (Å²) >= 11 is 0. The molecule has 1 N–H and O–H groups in total. The maximum absolute atomic E-state index is 5.51. The van der Waals surface area contributed by atoms with Crippen LogP contribution in [0.2, 0.25) is 0 Å². The van der Waals surface area contributed by atoms with Crippen LogP contribution in [-0.4, -0.2) is 29.0 Å². The average molecular weight is 239 g/mol. The van der Waals surface area contributed by atoms with E-state index in [1.54, 1.807) is 0 Å². The highest BCUT2D eigenvalue weighted by molar-refractivity contribution is 5.27. The van der Waals surface area contributed by atoms with Crippen LogP contribution in [0.15, 0.2) is 0 Å². The van der Waals surface area contributed by atoms with Crippen molar-refractivity contribution in [2.75, 3.05) is 13.2 Å². The molecule has 0 fully saturated rings. The first-order chi connectivity index (χ1) is 7.97.